The summed E-state index contributed by atoms with van der Waals surface area (Å²) in [5.41, 5.74) is 9.16. The van der Waals surface area contributed by atoms with Crippen LogP contribution in [0.15, 0.2) is 48.5 Å². The minimum atomic E-state index is 0.0396. The lowest BCUT2D eigenvalue weighted by Crippen LogP contribution is -2.04. The summed E-state index contributed by atoms with van der Waals surface area (Å²) in [5.74, 6) is 0.0396. The number of rotatable bonds is 4. The van der Waals surface area contributed by atoms with E-state index in [0.717, 1.165) is 5.69 Å². The minimum absolute atomic E-state index is 0.0396. The predicted octanol–water partition coefficient (Wildman–Crippen LogP) is 4.11. The standard InChI is InChI=1S/C15H16N2O.C2H6/c1-11(18)13-7-8-14(16)15(9-13)17-10-12-5-3-2-4-6-12;1-2/h2-9,17H,10,16H2,1H3;1-2H3. The van der Waals surface area contributed by atoms with Crippen molar-refractivity contribution in [1.29, 1.82) is 0 Å². The molecule has 0 radical (unpaired) electrons. The molecule has 0 heterocycles. The first-order chi connectivity index (χ1) is 9.66. The molecule has 0 unspecified atom stereocenters. The Morgan fingerprint density at radius 1 is 1.10 bits per heavy atom. The van der Waals surface area contributed by atoms with Crippen molar-refractivity contribution in [3.05, 3.63) is 59.7 Å². The maximum Gasteiger partial charge on any atom is 0.159 e. The molecule has 2 rings (SSSR count). The predicted molar refractivity (Wildman–Crippen MR) is 86.0 cm³/mol. The van der Waals surface area contributed by atoms with Gasteiger partial charge in [-0.25, -0.2) is 0 Å². The summed E-state index contributed by atoms with van der Waals surface area (Å²) >= 11 is 0. The molecule has 0 aliphatic carbocycles. The summed E-state index contributed by atoms with van der Waals surface area (Å²) in [6.45, 7) is 6.24. The fourth-order valence-electron chi connectivity index (χ4n) is 1.72. The van der Waals surface area contributed by atoms with Gasteiger partial charge >= 0.3 is 0 Å². The molecule has 20 heavy (non-hydrogen) atoms. The number of hydrogen-bond acceptors (Lipinski definition) is 3. The molecule has 0 saturated carbocycles. The lowest BCUT2D eigenvalue weighted by atomic mass is 10.1. The maximum atomic E-state index is 11.3. The average Bonchev–Trinajstić information content (AvgIpc) is 2.49. The SMILES string of the molecule is CC.CC(=O)c1ccc(N)c(NCc2ccccc2)c1. The van der Waals surface area contributed by atoms with E-state index in [-0.39, 0.29) is 5.78 Å². The third-order valence-corrected chi connectivity index (χ3v) is 2.79. The quantitative estimate of drug-likeness (QED) is 0.649. The second-order valence-corrected chi connectivity index (χ2v) is 4.20. The summed E-state index contributed by atoms with van der Waals surface area (Å²) in [6, 6.07) is 15.3. The number of anilines is 2. The smallest absolute Gasteiger partial charge is 0.159 e. The number of ketones is 1. The molecule has 0 fully saturated rings. The van der Waals surface area contributed by atoms with Gasteiger partial charge in [-0.05, 0) is 30.7 Å². The lowest BCUT2D eigenvalue weighted by molar-refractivity contribution is 0.101. The molecule has 3 heteroatoms. The molecule has 3 N–H and O–H groups in total. The van der Waals surface area contributed by atoms with Gasteiger partial charge in [-0.3, -0.25) is 4.79 Å². The van der Waals surface area contributed by atoms with E-state index in [1.54, 1.807) is 25.1 Å². The first-order valence-corrected chi connectivity index (χ1v) is 6.85. The first-order valence-electron chi connectivity index (χ1n) is 6.85. The number of Topliss-reactive ketones (excluding diaryl/α,β-unsaturated/α-hetero) is 1. The molecule has 0 saturated heterocycles. The van der Waals surface area contributed by atoms with Crippen molar-refractivity contribution >= 4 is 17.2 Å². The molecule has 0 aromatic heterocycles. The van der Waals surface area contributed by atoms with Gasteiger partial charge in [0.1, 0.15) is 0 Å². The molecule has 0 atom stereocenters. The van der Waals surface area contributed by atoms with Crippen LogP contribution in [0.5, 0.6) is 0 Å². The van der Waals surface area contributed by atoms with Gasteiger partial charge in [-0.1, -0.05) is 44.2 Å². The van der Waals surface area contributed by atoms with E-state index in [1.807, 2.05) is 44.2 Å². The van der Waals surface area contributed by atoms with Crippen LogP contribution in [0.3, 0.4) is 0 Å². The molecule has 2 aromatic rings. The van der Waals surface area contributed by atoms with Crippen molar-refractivity contribution in [2.75, 3.05) is 11.1 Å². The monoisotopic (exact) mass is 270 g/mol. The van der Waals surface area contributed by atoms with Crippen LogP contribution < -0.4 is 11.1 Å². The van der Waals surface area contributed by atoms with Gasteiger partial charge in [0.25, 0.3) is 0 Å². The van der Waals surface area contributed by atoms with Crippen LogP contribution in [0.2, 0.25) is 0 Å². The Kier molecular flexibility index (Phi) is 6.30. The number of nitrogens with two attached hydrogens (primary N) is 1. The fourth-order valence-corrected chi connectivity index (χ4v) is 1.72. The lowest BCUT2D eigenvalue weighted by Gasteiger charge is -2.10. The summed E-state index contributed by atoms with van der Waals surface area (Å²) < 4.78 is 0. The molecule has 2 aromatic carbocycles. The molecule has 0 amide bonds. The maximum absolute atomic E-state index is 11.3. The second kappa shape index (κ2) is 8.00. The highest BCUT2D eigenvalue weighted by Crippen LogP contribution is 2.21. The number of nitrogens with one attached hydrogen (secondary N) is 1. The van der Waals surface area contributed by atoms with Gasteiger partial charge in [-0.2, -0.15) is 0 Å². The molecule has 0 spiro atoms. The van der Waals surface area contributed by atoms with Crippen molar-refractivity contribution in [2.45, 2.75) is 27.3 Å². The summed E-state index contributed by atoms with van der Waals surface area (Å²) in [5, 5.41) is 3.25. The van der Waals surface area contributed by atoms with E-state index in [1.165, 1.54) is 5.56 Å². The number of nitrogen functional groups attached to an aromatic ring is 1. The Bertz CT molecular complexity index is 550. The van der Waals surface area contributed by atoms with Crippen LogP contribution in [0, 0.1) is 0 Å². The summed E-state index contributed by atoms with van der Waals surface area (Å²) in [6.07, 6.45) is 0. The van der Waals surface area contributed by atoms with E-state index in [2.05, 4.69) is 5.32 Å². The van der Waals surface area contributed by atoms with Gasteiger partial charge in [0.2, 0.25) is 0 Å². The first kappa shape index (κ1) is 15.8. The third-order valence-electron chi connectivity index (χ3n) is 2.79. The molecule has 0 aliphatic heterocycles. The number of carbonyl (C=O) groups is 1. The molecule has 106 valence electrons. The van der Waals surface area contributed by atoms with Crippen molar-refractivity contribution in [3.63, 3.8) is 0 Å². The van der Waals surface area contributed by atoms with Crippen LogP contribution in [0.25, 0.3) is 0 Å². The molecular formula is C17H22N2O. The Morgan fingerprint density at radius 2 is 1.75 bits per heavy atom. The van der Waals surface area contributed by atoms with E-state index in [4.69, 9.17) is 5.73 Å². The number of carbonyl (C=O) groups excluding carboxylic acids is 1. The zero-order valence-corrected chi connectivity index (χ0v) is 12.3. The highest BCUT2D eigenvalue weighted by molar-refractivity contribution is 5.96. The van der Waals surface area contributed by atoms with Crippen molar-refractivity contribution < 1.29 is 4.79 Å². The van der Waals surface area contributed by atoms with Gasteiger partial charge in [0.15, 0.2) is 5.78 Å². The van der Waals surface area contributed by atoms with Crippen LogP contribution in [-0.2, 0) is 6.54 Å². The third kappa shape index (κ3) is 4.43. The van der Waals surface area contributed by atoms with Crippen molar-refractivity contribution in [1.82, 2.24) is 0 Å². The second-order valence-electron chi connectivity index (χ2n) is 4.20. The number of hydrogen-bond donors (Lipinski definition) is 2. The van der Waals surface area contributed by atoms with E-state index < -0.39 is 0 Å². The minimum Gasteiger partial charge on any atom is -0.397 e. The van der Waals surface area contributed by atoms with Crippen LogP contribution in [0.4, 0.5) is 11.4 Å². The van der Waals surface area contributed by atoms with Crippen LogP contribution in [0.1, 0.15) is 36.7 Å². The Balaban J connectivity index is 0.000000956. The van der Waals surface area contributed by atoms with E-state index in [0.29, 0.717) is 17.8 Å². The highest BCUT2D eigenvalue weighted by Gasteiger charge is 2.04. The topological polar surface area (TPSA) is 55.1 Å². The molecular weight excluding hydrogens is 248 g/mol. The largest absolute Gasteiger partial charge is 0.397 e. The molecule has 0 bridgehead atoms. The van der Waals surface area contributed by atoms with Crippen LogP contribution in [-0.4, -0.2) is 5.78 Å². The zero-order valence-electron chi connectivity index (χ0n) is 12.3. The van der Waals surface area contributed by atoms with E-state index >= 15 is 0 Å². The van der Waals surface area contributed by atoms with Gasteiger partial charge in [0, 0.05) is 12.1 Å². The Hall–Kier alpha value is -2.29. The zero-order chi connectivity index (χ0) is 15.0. The van der Waals surface area contributed by atoms with Gasteiger partial charge < -0.3 is 11.1 Å². The van der Waals surface area contributed by atoms with Crippen LogP contribution >= 0.6 is 0 Å². The van der Waals surface area contributed by atoms with Gasteiger partial charge in [-0.15, -0.1) is 0 Å². The van der Waals surface area contributed by atoms with Gasteiger partial charge in [0.05, 0.1) is 11.4 Å². The number of benzene rings is 2. The van der Waals surface area contributed by atoms with Crippen molar-refractivity contribution in [2.24, 2.45) is 0 Å². The highest BCUT2D eigenvalue weighted by atomic mass is 16.1. The van der Waals surface area contributed by atoms with E-state index in [9.17, 15) is 4.79 Å². The molecule has 3 nitrogen and oxygen atoms in total. The average molecular weight is 270 g/mol. The molecule has 0 aliphatic rings. The normalized spacial score (nSPS) is 9.35. The summed E-state index contributed by atoms with van der Waals surface area (Å²) in [7, 11) is 0. The summed E-state index contributed by atoms with van der Waals surface area (Å²) in [4.78, 5) is 11.3. The Labute approximate surface area is 120 Å². The fraction of sp³-hybridized carbons (Fsp3) is 0.235. The Morgan fingerprint density at radius 3 is 2.35 bits per heavy atom. The van der Waals surface area contributed by atoms with Crippen molar-refractivity contribution in [3.8, 4) is 0 Å².